The van der Waals surface area contributed by atoms with Gasteiger partial charge in [0.25, 0.3) is 0 Å². The van der Waals surface area contributed by atoms with Crippen molar-refractivity contribution in [3.05, 3.63) is 34.0 Å². The van der Waals surface area contributed by atoms with Gasteiger partial charge >= 0.3 is 11.9 Å². The lowest BCUT2D eigenvalue weighted by molar-refractivity contribution is -0.119. The quantitative estimate of drug-likeness (QED) is 0.684. The van der Waals surface area contributed by atoms with Crippen molar-refractivity contribution in [1.29, 1.82) is 0 Å². The summed E-state index contributed by atoms with van der Waals surface area (Å²) in [5.74, 6) is -2.02. The first-order chi connectivity index (χ1) is 13.4. The topological polar surface area (TPSA) is 111 Å². The number of carbonyl (C=O) groups excluding carboxylic acids is 2. The van der Waals surface area contributed by atoms with Crippen molar-refractivity contribution in [1.82, 2.24) is 9.78 Å². The predicted octanol–water partition coefficient (Wildman–Crippen LogP) is 3.29. The van der Waals surface area contributed by atoms with Gasteiger partial charge in [-0.05, 0) is 50.7 Å². The minimum atomic E-state index is -1.16. The lowest BCUT2D eigenvalue weighted by Crippen LogP contribution is -2.27. The van der Waals surface area contributed by atoms with Crippen LogP contribution in [-0.4, -0.2) is 39.3 Å². The SMILES string of the molecule is CCCOC(=O)c1c(NC(=O)C(C)n2nccc2C(=O)O)sc2c1CCCC2. The first-order valence-corrected chi connectivity index (χ1v) is 10.1. The Bertz CT molecular complexity index is 902. The monoisotopic (exact) mass is 405 g/mol. The maximum Gasteiger partial charge on any atom is 0.354 e. The van der Waals surface area contributed by atoms with Crippen molar-refractivity contribution in [2.45, 2.75) is 52.0 Å². The normalized spacial score (nSPS) is 14.2. The van der Waals surface area contributed by atoms with Crippen molar-refractivity contribution in [3.63, 3.8) is 0 Å². The highest BCUT2D eigenvalue weighted by atomic mass is 32.1. The Labute approximate surface area is 166 Å². The van der Waals surface area contributed by atoms with Crippen LogP contribution < -0.4 is 5.32 Å². The van der Waals surface area contributed by atoms with Crippen LogP contribution in [0.4, 0.5) is 5.00 Å². The zero-order valence-electron chi connectivity index (χ0n) is 15.9. The van der Waals surface area contributed by atoms with Gasteiger partial charge in [0.1, 0.15) is 16.7 Å². The van der Waals surface area contributed by atoms with E-state index in [1.54, 1.807) is 6.92 Å². The van der Waals surface area contributed by atoms with E-state index < -0.39 is 23.9 Å². The predicted molar refractivity (Wildman–Crippen MR) is 104 cm³/mol. The summed E-state index contributed by atoms with van der Waals surface area (Å²) in [7, 11) is 0. The Kier molecular flexibility index (Phi) is 6.13. The third kappa shape index (κ3) is 3.94. The number of rotatable bonds is 7. The van der Waals surface area contributed by atoms with Gasteiger partial charge in [-0.15, -0.1) is 11.3 Å². The molecule has 1 atom stereocenters. The highest BCUT2D eigenvalue weighted by Crippen LogP contribution is 2.39. The summed E-state index contributed by atoms with van der Waals surface area (Å²) in [6.07, 6.45) is 5.77. The molecule has 0 spiro atoms. The minimum Gasteiger partial charge on any atom is -0.477 e. The van der Waals surface area contributed by atoms with Crippen LogP contribution >= 0.6 is 11.3 Å². The van der Waals surface area contributed by atoms with Crippen LogP contribution in [0.5, 0.6) is 0 Å². The number of anilines is 1. The number of amides is 1. The highest BCUT2D eigenvalue weighted by molar-refractivity contribution is 7.17. The van der Waals surface area contributed by atoms with Gasteiger partial charge in [-0.1, -0.05) is 6.92 Å². The molecule has 2 aromatic rings. The lowest BCUT2D eigenvalue weighted by atomic mass is 9.95. The van der Waals surface area contributed by atoms with Crippen molar-refractivity contribution in [3.8, 4) is 0 Å². The van der Waals surface area contributed by atoms with Gasteiger partial charge in [-0.3, -0.25) is 4.79 Å². The highest BCUT2D eigenvalue weighted by Gasteiger charge is 2.29. The molecule has 150 valence electrons. The van der Waals surface area contributed by atoms with E-state index in [4.69, 9.17) is 4.74 Å². The van der Waals surface area contributed by atoms with E-state index in [2.05, 4.69) is 10.4 Å². The largest absolute Gasteiger partial charge is 0.477 e. The molecule has 1 aliphatic carbocycles. The summed E-state index contributed by atoms with van der Waals surface area (Å²) in [6.45, 7) is 3.81. The number of esters is 1. The Hall–Kier alpha value is -2.68. The zero-order chi connectivity index (χ0) is 20.3. The number of ether oxygens (including phenoxy) is 1. The molecule has 28 heavy (non-hydrogen) atoms. The molecule has 1 unspecified atom stereocenters. The maximum absolute atomic E-state index is 12.8. The molecule has 0 aliphatic heterocycles. The molecule has 0 aromatic carbocycles. The lowest BCUT2D eigenvalue weighted by Gasteiger charge is -2.15. The number of fused-ring (bicyclic) bond motifs is 1. The summed E-state index contributed by atoms with van der Waals surface area (Å²) in [4.78, 5) is 37.8. The third-order valence-corrected chi connectivity index (χ3v) is 5.89. The van der Waals surface area contributed by atoms with E-state index in [0.717, 1.165) is 40.8 Å². The van der Waals surface area contributed by atoms with E-state index in [-0.39, 0.29) is 5.69 Å². The molecule has 2 heterocycles. The van der Waals surface area contributed by atoms with Gasteiger partial charge in [-0.25, -0.2) is 14.3 Å². The fraction of sp³-hybridized carbons (Fsp3) is 0.474. The molecule has 0 saturated heterocycles. The van der Waals surface area contributed by atoms with Crippen LogP contribution in [0.2, 0.25) is 0 Å². The van der Waals surface area contributed by atoms with Crippen molar-refractivity contribution >= 4 is 34.2 Å². The average molecular weight is 405 g/mol. The summed E-state index contributed by atoms with van der Waals surface area (Å²) in [5.41, 5.74) is 1.33. The van der Waals surface area contributed by atoms with E-state index >= 15 is 0 Å². The number of carbonyl (C=O) groups is 3. The Morgan fingerprint density at radius 3 is 2.82 bits per heavy atom. The molecule has 0 radical (unpaired) electrons. The molecular formula is C19H23N3O5S. The number of nitrogens with zero attached hydrogens (tertiary/aromatic N) is 2. The number of carboxylic acids is 1. The van der Waals surface area contributed by atoms with Crippen molar-refractivity contribution < 1.29 is 24.2 Å². The van der Waals surface area contributed by atoms with Crippen LogP contribution in [0.25, 0.3) is 0 Å². The second-order valence-electron chi connectivity index (χ2n) is 6.68. The molecule has 2 aromatic heterocycles. The molecule has 1 aliphatic rings. The number of thiophene rings is 1. The minimum absolute atomic E-state index is 0.0734. The van der Waals surface area contributed by atoms with E-state index in [1.807, 2.05) is 6.92 Å². The number of aromatic carboxylic acids is 1. The summed E-state index contributed by atoms with van der Waals surface area (Å²) < 4.78 is 6.48. The molecular weight excluding hydrogens is 382 g/mol. The number of aromatic nitrogens is 2. The van der Waals surface area contributed by atoms with Gasteiger partial charge in [0.2, 0.25) is 5.91 Å². The number of nitrogens with one attached hydrogen (secondary N) is 1. The fourth-order valence-electron chi connectivity index (χ4n) is 3.26. The van der Waals surface area contributed by atoms with Crippen LogP contribution in [0.3, 0.4) is 0 Å². The standard InChI is InChI=1S/C19H23N3O5S/c1-3-10-27-19(26)15-12-6-4-5-7-14(12)28-17(15)21-16(23)11(2)22-13(18(24)25)8-9-20-22/h8-9,11H,3-7,10H2,1-2H3,(H,21,23)(H,24,25). The molecule has 8 nitrogen and oxygen atoms in total. The van der Waals surface area contributed by atoms with Gasteiger partial charge < -0.3 is 15.2 Å². The number of carboxylic acid groups (broad SMARTS) is 1. The molecule has 0 bridgehead atoms. The van der Waals surface area contributed by atoms with Gasteiger partial charge in [0.05, 0.1) is 12.2 Å². The van der Waals surface area contributed by atoms with Crippen molar-refractivity contribution in [2.24, 2.45) is 0 Å². The molecule has 2 N–H and O–H groups in total. The Morgan fingerprint density at radius 1 is 1.36 bits per heavy atom. The van der Waals surface area contributed by atoms with Crippen LogP contribution in [-0.2, 0) is 22.4 Å². The average Bonchev–Trinajstić information content (AvgIpc) is 3.30. The zero-order valence-corrected chi connectivity index (χ0v) is 16.7. The Morgan fingerprint density at radius 2 is 2.11 bits per heavy atom. The first kappa shape index (κ1) is 20.1. The molecule has 9 heteroatoms. The smallest absolute Gasteiger partial charge is 0.354 e. The van der Waals surface area contributed by atoms with E-state index in [9.17, 15) is 19.5 Å². The summed E-state index contributed by atoms with van der Waals surface area (Å²) in [5, 5.41) is 16.5. The van der Waals surface area contributed by atoms with E-state index in [1.165, 1.54) is 23.6 Å². The fourth-order valence-corrected chi connectivity index (χ4v) is 4.54. The van der Waals surface area contributed by atoms with Gasteiger partial charge in [0, 0.05) is 11.1 Å². The third-order valence-electron chi connectivity index (χ3n) is 4.69. The number of aryl methyl sites for hydroxylation is 1. The van der Waals surface area contributed by atoms with E-state index in [0.29, 0.717) is 23.6 Å². The van der Waals surface area contributed by atoms with Crippen molar-refractivity contribution in [2.75, 3.05) is 11.9 Å². The second-order valence-corrected chi connectivity index (χ2v) is 7.79. The maximum atomic E-state index is 12.8. The van der Waals surface area contributed by atoms with Gasteiger partial charge in [0.15, 0.2) is 0 Å². The van der Waals surface area contributed by atoms with Crippen LogP contribution in [0, 0.1) is 0 Å². The number of hydrogen-bond acceptors (Lipinski definition) is 6. The summed E-state index contributed by atoms with van der Waals surface area (Å²) in [6, 6.07) is 0.489. The first-order valence-electron chi connectivity index (χ1n) is 9.33. The second kappa shape index (κ2) is 8.55. The van der Waals surface area contributed by atoms with Crippen LogP contribution in [0.15, 0.2) is 12.3 Å². The number of hydrogen-bond donors (Lipinski definition) is 2. The van der Waals surface area contributed by atoms with Gasteiger partial charge in [-0.2, -0.15) is 5.10 Å². The van der Waals surface area contributed by atoms with Crippen LogP contribution in [0.1, 0.15) is 70.4 Å². The molecule has 3 rings (SSSR count). The Balaban J connectivity index is 1.87. The summed E-state index contributed by atoms with van der Waals surface area (Å²) >= 11 is 1.40. The molecule has 0 saturated carbocycles. The molecule has 0 fully saturated rings. The molecule has 1 amide bonds.